The van der Waals surface area contributed by atoms with Crippen molar-refractivity contribution in [2.24, 2.45) is 0 Å². The molecule has 0 spiro atoms. The van der Waals surface area contributed by atoms with Crippen molar-refractivity contribution in [2.75, 3.05) is 6.61 Å². The molecular formula is C9H12NO. The number of aryl methyl sites for hydroxylation is 1. The molecule has 59 valence electrons. The fourth-order valence-corrected chi connectivity index (χ4v) is 0.993. The third kappa shape index (κ3) is 3.16. The molecule has 0 aromatic heterocycles. The van der Waals surface area contributed by atoms with E-state index in [1.165, 1.54) is 5.56 Å². The second-order valence-corrected chi connectivity index (χ2v) is 2.44. The minimum absolute atomic E-state index is 0.523. The van der Waals surface area contributed by atoms with Gasteiger partial charge in [-0.3, -0.25) is 4.84 Å². The van der Waals surface area contributed by atoms with Gasteiger partial charge in [-0.1, -0.05) is 30.3 Å². The van der Waals surface area contributed by atoms with Gasteiger partial charge in [-0.25, -0.2) is 0 Å². The van der Waals surface area contributed by atoms with Gasteiger partial charge in [0.1, 0.15) is 0 Å². The van der Waals surface area contributed by atoms with Crippen molar-refractivity contribution in [3.63, 3.8) is 0 Å². The van der Waals surface area contributed by atoms with Crippen LogP contribution in [0.2, 0.25) is 0 Å². The van der Waals surface area contributed by atoms with E-state index < -0.39 is 0 Å². The Balaban J connectivity index is 2.28. The lowest BCUT2D eigenvalue weighted by atomic mass is 10.1. The second-order valence-electron chi connectivity index (χ2n) is 2.44. The van der Waals surface area contributed by atoms with Crippen LogP contribution in [0.1, 0.15) is 12.0 Å². The average molecular weight is 150 g/mol. The van der Waals surface area contributed by atoms with Crippen LogP contribution in [0.25, 0.3) is 0 Å². The van der Waals surface area contributed by atoms with Crippen molar-refractivity contribution >= 4 is 0 Å². The highest BCUT2D eigenvalue weighted by Gasteiger charge is 1.90. The molecule has 2 heteroatoms. The van der Waals surface area contributed by atoms with Gasteiger partial charge in [0.25, 0.3) is 0 Å². The molecule has 0 amide bonds. The maximum absolute atomic E-state index is 6.47. The molecule has 0 bridgehead atoms. The van der Waals surface area contributed by atoms with E-state index in [0.717, 1.165) is 12.8 Å². The molecule has 0 fully saturated rings. The molecule has 0 aliphatic carbocycles. The molecule has 1 aromatic carbocycles. The van der Waals surface area contributed by atoms with E-state index >= 15 is 0 Å². The summed E-state index contributed by atoms with van der Waals surface area (Å²) in [6.45, 7) is 0.523. The number of rotatable bonds is 4. The zero-order chi connectivity index (χ0) is 7.94. The lowest BCUT2D eigenvalue weighted by Crippen LogP contribution is -1.93. The maximum atomic E-state index is 6.47. The molecule has 1 N–H and O–H groups in total. The fraction of sp³-hybridized carbons (Fsp3) is 0.333. The van der Waals surface area contributed by atoms with E-state index in [2.05, 4.69) is 17.0 Å². The Morgan fingerprint density at radius 1 is 1.18 bits per heavy atom. The summed E-state index contributed by atoms with van der Waals surface area (Å²) in [5, 5.41) is 0. The van der Waals surface area contributed by atoms with E-state index in [1.54, 1.807) is 0 Å². The van der Waals surface area contributed by atoms with Crippen LogP contribution in [-0.4, -0.2) is 6.61 Å². The summed E-state index contributed by atoms with van der Waals surface area (Å²) < 4.78 is 0. The Labute approximate surface area is 66.9 Å². The highest BCUT2D eigenvalue weighted by Crippen LogP contribution is 2.01. The molecule has 0 aliphatic heterocycles. The molecule has 0 atom stereocenters. The van der Waals surface area contributed by atoms with Crippen molar-refractivity contribution < 1.29 is 4.84 Å². The quantitative estimate of drug-likeness (QED) is 0.476. The highest BCUT2D eigenvalue weighted by atomic mass is 16.6. The van der Waals surface area contributed by atoms with Crippen LogP contribution in [0.4, 0.5) is 0 Å². The number of hydrogen-bond acceptors (Lipinski definition) is 1. The van der Waals surface area contributed by atoms with Gasteiger partial charge in [0.15, 0.2) is 0 Å². The zero-order valence-corrected chi connectivity index (χ0v) is 6.42. The highest BCUT2D eigenvalue weighted by molar-refractivity contribution is 5.14. The number of hydrogen-bond donors (Lipinski definition) is 0. The van der Waals surface area contributed by atoms with E-state index in [1.807, 2.05) is 18.2 Å². The first kappa shape index (κ1) is 8.24. The van der Waals surface area contributed by atoms with E-state index in [4.69, 9.17) is 5.90 Å². The normalized spacial score (nSPS) is 9.91. The van der Waals surface area contributed by atoms with Crippen LogP contribution in [0, 0.1) is 0 Å². The Hall–Kier alpha value is -0.860. The van der Waals surface area contributed by atoms with Gasteiger partial charge < -0.3 is 0 Å². The van der Waals surface area contributed by atoms with Crippen LogP contribution in [0.3, 0.4) is 0 Å². The van der Waals surface area contributed by atoms with Gasteiger partial charge in [-0.2, -0.15) is 0 Å². The largest absolute Gasteiger partial charge is 0.285 e. The predicted octanol–water partition coefficient (Wildman–Crippen LogP) is 1.83. The predicted molar refractivity (Wildman–Crippen MR) is 43.8 cm³/mol. The SMILES string of the molecule is [NH]OCCCc1ccccc1. The molecule has 0 saturated carbocycles. The third-order valence-corrected chi connectivity index (χ3v) is 1.55. The Morgan fingerprint density at radius 3 is 2.55 bits per heavy atom. The lowest BCUT2D eigenvalue weighted by molar-refractivity contribution is 0.116. The van der Waals surface area contributed by atoms with Crippen LogP contribution < -0.4 is 5.90 Å². The number of benzene rings is 1. The summed E-state index contributed by atoms with van der Waals surface area (Å²) in [6.07, 6.45) is 1.92. The van der Waals surface area contributed by atoms with Crippen molar-refractivity contribution in [1.82, 2.24) is 5.90 Å². The lowest BCUT2D eigenvalue weighted by Gasteiger charge is -1.98. The summed E-state index contributed by atoms with van der Waals surface area (Å²) in [5.74, 6) is 6.47. The van der Waals surface area contributed by atoms with Crippen molar-refractivity contribution in [1.29, 1.82) is 0 Å². The number of nitrogens with one attached hydrogen (secondary N) is 1. The molecular weight excluding hydrogens is 138 g/mol. The Bertz CT molecular complexity index is 186. The monoisotopic (exact) mass is 150 g/mol. The topological polar surface area (TPSA) is 33.0 Å². The van der Waals surface area contributed by atoms with Crippen LogP contribution in [0.15, 0.2) is 30.3 Å². The van der Waals surface area contributed by atoms with Gasteiger partial charge in [0, 0.05) is 0 Å². The average Bonchev–Trinajstić information content (AvgIpc) is 2.07. The van der Waals surface area contributed by atoms with Crippen molar-refractivity contribution in [3.8, 4) is 0 Å². The van der Waals surface area contributed by atoms with Crippen LogP contribution >= 0.6 is 0 Å². The zero-order valence-electron chi connectivity index (χ0n) is 6.42. The third-order valence-electron chi connectivity index (χ3n) is 1.55. The summed E-state index contributed by atoms with van der Waals surface area (Å²) in [7, 11) is 0. The van der Waals surface area contributed by atoms with E-state index in [9.17, 15) is 0 Å². The first-order valence-corrected chi connectivity index (χ1v) is 3.76. The molecule has 0 heterocycles. The molecule has 0 aliphatic rings. The van der Waals surface area contributed by atoms with Gasteiger partial charge >= 0.3 is 0 Å². The summed E-state index contributed by atoms with van der Waals surface area (Å²) >= 11 is 0. The summed E-state index contributed by atoms with van der Waals surface area (Å²) in [6, 6.07) is 10.2. The van der Waals surface area contributed by atoms with Gasteiger partial charge in [0.2, 0.25) is 0 Å². The minimum atomic E-state index is 0.523. The molecule has 0 unspecified atom stereocenters. The molecule has 0 saturated heterocycles. The maximum Gasteiger partial charge on any atom is 0.0702 e. The van der Waals surface area contributed by atoms with E-state index in [-0.39, 0.29) is 0 Å². The fourth-order valence-electron chi connectivity index (χ4n) is 0.993. The van der Waals surface area contributed by atoms with Crippen LogP contribution in [0.5, 0.6) is 0 Å². The molecule has 1 aromatic rings. The van der Waals surface area contributed by atoms with Crippen molar-refractivity contribution in [2.45, 2.75) is 12.8 Å². The molecule has 1 radical (unpaired) electrons. The summed E-state index contributed by atoms with van der Waals surface area (Å²) in [4.78, 5) is 4.21. The van der Waals surface area contributed by atoms with Gasteiger partial charge in [0.05, 0.1) is 6.61 Å². The minimum Gasteiger partial charge on any atom is -0.285 e. The second kappa shape index (κ2) is 4.88. The van der Waals surface area contributed by atoms with Crippen molar-refractivity contribution in [3.05, 3.63) is 35.9 Å². The van der Waals surface area contributed by atoms with E-state index in [0.29, 0.717) is 6.61 Å². The molecule has 11 heavy (non-hydrogen) atoms. The standard InChI is InChI=1S/C9H12NO/c10-11-8-4-7-9-5-2-1-3-6-9/h1-3,5-6,10H,4,7-8H2. The summed E-state index contributed by atoms with van der Waals surface area (Å²) in [5.41, 5.74) is 1.31. The molecule has 1 rings (SSSR count). The Morgan fingerprint density at radius 2 is 1.91 bits per heavy atom. The van der Waals surface area contributed by atoms with Gasteiger partial charge in [-0.05, 0) is 18.4 Å². The molecule has 2 nitrogen and oxygen atoms in total. The Kier molecular flexibility index (Phi) is 3.65. The first-order valence-electron chi connectivity index (χ1n) is 3.76. The first-order chi connectivity index (χ1) is 5.43. The van der Waals surface area contributed by atoms with Gasteiger partial charge in [-0.15, -0.1) is 5.90 Å². The van der Waals surface area contributed by atoms with Crippen LogP contribution in [-0.2, 0) is 11.3 Å². The smallest absolute Gasteiger partial charge is 0.0702 e.